The summed E-state index contributed by atoms with van der Waals surface area (Å²) >= 11 is 9.50. The molecule has 5 nitrogen and oxygen atoms in total. The molecule has 25 heavy (non-hydrogen) atoms. The molecule has 0 heterocycles. The summed E-state index contributed by atoms with van der Waals surface area (Å²) in [7, 11) is 0. The lowest BCUT2D eigenvalue weighted by atomic mass is 10.1. The first kappa shape index (κ1) is 18.8. The number of benzene rings is 2. The predicted molar refractivity (Wildman–Crippen MR) is 104 cm³/mol. The number of halogens is 2. The van der Waals surface area contributed by atoms with E-state index >= 15 is 0 Å². The number of nitriles is 1. The van der Waals surface area contributed by atoms with E-state index in [2.05, 4.69) is 26.6 Å². The van der Waals surface area contributed by atoms with Crippen LogP contribution in [0.3, 0.4) is 0 Å². The van der Waals surface area contributed by atoms with E-state index in [1.54, 1.807) is 12.1 Å². The van der Waals surface area contributed by atoms with Crippen LogP contribution >= 0.6 is 27.5 Å². The minimum atomic E-state index is -0.539. The van der Waals surface area contributed by atoms with Gasteiger partial charge in [0.25, 0.3) is 5.91 Å². The monoisotopic (exact) mass is 418 g/mol. The van der Waals surface area contributed by atoms with Crippen LogP contribution in [0.15, 0.2) is 58.7 Å². The number of hydrogen-bond acceptors (Lipinski definition) is 4. The van der Waals surface area contributed by atoms with E-state index in [1.807, 2.05) is 30.3 Å². The molecule has 0 aliphatic rings. The molecule has 2 aromatic carbocycles. The molecule has 0 fully saturated rings. The second kappa shape index (κ2) is 9.11. The fourth-order valence-corrected chi connectivity index (χ4v) is 2.77. The molecule has 128 valence electrons. The minimum Gasteiger partial charge on any atom is -0.399 e. The standard InChI is InChI=1S/C18H16BrClN4O/c19-15-4-2-1-3-12(15)7-8-23-11-13(10-21)18(25)24-17-6-5-14(22)9-16(17)20/h1-6,9,11,23H,7-8,22H2,(H,24,25)/b13-11-. The number of amides is 1. The number of anilines is 2. The number of rotatable bonds is 6. The Bertz CT molecular complexity index is 845. The van der Waals surface area contributed by atoms with E-state index in [9.17, 15) is 4.79 Å². The van der Waals surface area contributed by atoms with E-state index in [-0.39, 0.29) is 5.57 Å². The Hall–Kier alpha value is -2.49. The molecule has 0 aliphatic carbocycles. The Kier molecular flexibility index (Phi) is 6.87. The average Bonchev–Trinajstić information content (AvgIpc) is 2.59. The zero-order chi connectivity index (χ0) is 18.2. The molecule has 1 amide bonds. The van der Waals surface area contributed by atoms with Crippen molar-refractivity contribution < 1.29 is 4.79 Å². The van der Waals surface area contributed by atoms with E-state index in [0.717, 1.165) is 16.5 Å². The van der Waals surface area contributed by atoms with Crippen LogP contribution in [-0.2, 0) is 11.2 Å². The molecular formula is C18H16BrClN4O. The van der Waals surface area contributed by atoms with E-state index < -0.39 is 5.91 Å². The van der Waals surface area contributed by atoms with Crippen molar-refractivity contribution in [2.45, 2.75) is 6.42 Å². The van der Waals surface area contributed by atoms with Gasteiger partial charge in [-0.15, -0.1) is 0 Å². The largest absolute Gasteiger partial charge is 0.399 e. The summed E-state index contributed by atoms with van der Waals surface area (Å²) in [6.07, 6.45) is 2.15. The summed E-state index contributed by atoms with van der Waals surface area (Å²) in [5.74, 6) is -0.539. The SMILES string of the molecule is N#C/C(=C/NCCc1ccccc1Br)C(=O)Nc1ccc(N)cc1Cl. The third-order valence-electron chi connectivity index (χ3n) is 3.35. The molecule has 0 atom stereocenters. The molecule has 0 aromatic heterocycles. The highest BCUT2D eigenvalue weighted by molar-refractivity contribution is 9.10. The first-order chi connectivity index (χ1) is 12.0. The topological polar surface area (TPSA) is 90.9 Å². The molecule has 7 heteroatoms. The second-order valence-corrected chi connectivity index (χ2v) is 6.42. The Morgan fingerprint density at radius 2 is 2.08 bits per heavy atom. The van der Waals surface area contributed by atoms with Crippen molar-refractivity contribution in [2.24, 2.45) is 0 Å². The van der Waals surface area contributed by atoms with Gasteiger partial charge >= 0.3 is 0 Å². The number of nitrogens with zero attached hydrogens (tertiary/aromatic N) is 1. The van der Waals surface area contributed by atoms with Crippen LogP contribution in [0, 0.1) is 11.3 Å². The fourth-order valence-electron chi connectivity index (χ4n) is 2.05. The van der Waals surface area contributed by atoms with Crippen LogP contribution in [0.25, 0.3) is 0 Å². The Balaban J connectivity index is 1.94. The summed E-state index contributed by atoms with van der Waals surface area (Å²) in [4.78, 5) is 12.2. The maximum Gasteiger partial charge on any atom is 0.267 e. The number of hydrogen-bond donors (Lipinski definition) is 3. The number of nitrogens with two attached hydrogens (primary N) is 1. The minimum absolute atomic E-state index is 0.0416. The van der Waals surface area contributed by atoms with Gasteiger partial charge in [0.05, 0.1) is 10.7 Å². The summed E-state index contributed by atoms with van der Waals surface area (Å²) in [5.41, 5.74) is 7.60. The van der Waals surface area contributed by atoms with Crippen molar-refractivity contribution in [1.29, 1.82) is 5.26 Å². The lowest BCUT2D eigenvalue weighted by Crippen LogP contribution is -2.18. The first-order valence-electron chi connectivity index (χ1n) is 7.44. The van der Waals surface area contributed by atoms with Gasteiger partial charge in [-0.1, -0.05) is 45.7 Å². The molecule has 0 spiro atoms. The normalized spacial score (nSPS) is 10.8. The van der Waals surface area contributed by atoms with Crippen molar-refractivity contribution in [3.05, 3.63) is 69.3 Å². The third kappa shape index (κ3) is 5.52. The van der Waals surface area contributed by atoms with Gasteiger partial charge in [0, 0.05) is 22.9 Å². The zero-order valence-electron chi connectivity index (χ0n) is 13.2. The van der Waals surface area contributed by atoms with Crippen molar-refractivity contribution in [2.75, 3.05) is 17.6 Å². The molecule has 0 aliphatic heterocycles. The number of carbonyl (C=O) groups is 1. The molecule has 0 unspecified atom stereocenters. The van der Waals surface area contributed by atoms with Crippen LogP contribution in [0.4, 0.5) is 11.4 Å². The molecule has 0 radical (unpaired) electrons. The average molecular weight is 420 g/mol. The molecule has 0 saturated carbocycles. The van der Waals surface area contributed by atoms with Crippen LogP contribution in [-0.4, -0.2) is 12.5 Å². The number of carbonyl (C=O) groups excluding carboxylic acids is 1. The van der Waals surface area contributed by atoms with E-state index in [0.29, 0.717) is 22.9 Å². The molecule has 2 rings (SSSR count). The van der Waals surface area contributed by atoms with Gasteiger partial charge in [-0.3, -0.25) is 4.79 Å². The van der Waals surface area contributed by atoms with Gasteiger partial charge in [-0.25, -0.2) is 0 Å². The Morgan fingerprint density at radius 3 is 2.76 bits per heavy atom. The van der Waals surface area contributed by atoms with Crippen molar-refractivity contribution in [3.63, 3.8) is 0 Å². The van der Waals surface area contributed by atoms with Gasteiger partial charge < -0.3 is 16.4 Å². The maximum absolute atomic E-state index is 12.2. The summed E-state index contributed by atoms with van der Waals surface area (Å²) in [5, 5.41) is 15.1. The highest BCUT2D eigenvalue weighted by Gasteiger charge is 2.11. The van der Waals surface area contributed by atoms with E-state index in [4.69, 9.17) is 22.6 Å². The van der Waals surface area contributed by atoms with Crippen molar-refractivity contribution >= 4 is 44.8 Å². The zero-order valence-corrected chi connectivity index (χ0v) is 15.6. The van der Waals surface area contributed by atoms with Crippen molar-refractivity contribution in [1.82, 2.24) is 5.32 Å². The summed E-state index contributed by atoms with van der Waals surface area (Å²) < 4.78 is 1.03. The molecule has 0 saturated heterocycles. The lowest BCUT2D eigenvalue weighted by Gasteiger charge is -2.08. The fraction of sp³-hybridized carbons (Fsp3) is 0.111. The molecule has 4 N–H and O–H groups in total. The van der Waals surface area contributed by atoms with Gasteiger partial charge in [0.1, 0.15) is 11.6 Å². The quantitative estimate of drug-likeness (QED) is 0.287. The summed E-state index contributed by atoms with van der Waals surface area (Å²) in [6.45, 7) is 0.587. The number of nitrogen functional groups attached to an aromatic ring is 1. The Morgan fingerprint density at radius 1 is 1.32 bits per heavy atom. The predicted octanol–water partition coefficient (Wildman–Crippen LogP) is 3.86. The van der Waals surface area contributed by atoms with Crippen LogP contribution < -0.4 is 16.4 Å². The number of nitrogens with one attached hydrogen (secondary N) is 2. The molecule has 0 bridgehead atoms. The van der Waals surface area contributed by atoms with Gasteiger partial charge in [0.2, 0.25) is 0 Å². The van der Waals surface area contributed by atoms with Gasteiger partial charge in [-0.2, -0.15) is 5.26 Å². The smallest absolute Gasteiger partial charge is 0.267 e. The van der Waals surface area contributed by atoms with Gasteiger partial charge in [0.15, 0.2) is 0 Å². The van der Waals surface area contributed by atoms with Crippen LogP contribution in [0.5, 0.6) is 0 Å². The van der Waals surface area contributed by atoms with Crippen LogP contribution in [0.2, 0.25) is 5.02 Å². The molecule has 2 aromatic rings. The van der Waals surface area contributed by atoms with Gasteiger partial charge in [-0.05, 0) is 36.2 Å². The lowest BCUT2D eigenvalue weighted by molar-refractivity contribution is -0.112. The van der Waals surface area contributed by atoms with Crippen molar-refractivity contribution in [3.8, 4) is 6.07 Å². The maximum atomic E-state index is 12.2. The second-order valence-electron chi connectivity index (χ2n) is 5.16. The molecular weight excluding hydrogens is 404 g/mol. The summed E-state index contributed by atoms with van der Waals surface area (Å²) in [6, 6.07) is 14.5. The highest BCUT2D eigenvalue weighted by Crippen LogP contribution is 2.24. The Labute approximate surface area is 159 Å². The van der Waals surface area contributed by atoms with E-state index in [1.165, 1.54) is 12.3 Å². The van der Waals surface area contributed by atoms with Crippen LogP contribution in [0.1, 0.15) is 5.56 Å². The first-order valence-corrected chi connectivity index (χ1v) is 8.62. The highest BCUT2D eigenvalue weighted by atomic mass is 79.9. The third-order valence-corrected chi connectivity index (χ3v) is 4.44.